The van der Waals surface area contributed by atoms with Crippen molar-refractivity contribution in [2.45, 2.75) is 19.9 Å². The molecule has 0 aliphatic carbocycles. The van der Waals surface area contributed by atoms with Crippen LogP contribution < -0.4 is 0 Å². The normalized spacial score (nSPS) is 15.9. The third-order valence-corrected chi connectivity index (χ3v) is 5.07. The number of carbonyl (C=O) groups is 1. The minimum Gasteiger partial charge on any atom is -0.335 e. The van der Waals surface area contributed by atoms with Gasteiger partial charge in [-0.05, 0) is 37.1 Å². The van der Waals surface area contributed by atoms with Crippen molar-refractivity contribution in [3.63, 3.8) is 0 Å². The summed E-state index contributed by atoms with van der Waals surface area (Å²) in [6.07, 6.45) is 2.60. The molecule has 140 valence electrons. The van der Waals surface area contributed by atoms with Crippen molar-refractivity contribution < 1.29 is 4.79 Å². The maximum absolute atomic E-state index is 12.9. The van der Waals surface area contributed by atoms with Crippen LogP contribution in [0.2, 0.25) is 5.02 Å². The lowest BCUT2D eigenvalue weighted by atomic mass is 10.2. The van der Waals surface area contributed by atoms with E-state index in [4.69, 9.17) is 11.6 Å². The Morgan fingerprint density at radius 3 is 2.70 bits per heavy atom. The minimum absolute atomic E-state index is 0.131. The zero-order valence-corrected chi connectivity index (χ0v) is 15.9. The molecule has 1 aromatic carbocycles. The van der Waals surface area contributed by atoms with Crippen LogP contribution in [0.3, 0.4) is 0 Å². The number of rotatable bonds is 3. The van der Waals surface area contributed by atoms with Gasteiger partial charge in [-0.15, -0.1) is 5.10 Å². The van der Waals surface area contributed by atoms with Crippen LogP contribution in [0.1, 0.15) is 28.3 Å². The molecule has 0 saturated carbocycles. The number of hydrogen-bond acceptors (Lipinski definition) is 5. The van der Waals surface area contributed by atoms with E-state index in [1.807, 2.05) is 42.2 Å². The molecule has 1 fully saturated rings. The smallest absolute Gasteiger partial charge is 0.293 e. The van der Waals surface area contributed by atoms with E-state index in [1.54, 1.807) is 10.7 Å². The molecule has 7 nitrogen and oxygen atoms in total. The molecule has 0 N–H and O–H groups in total. The average Bonchev–Trinajstić information content (AvgIpc) is 2.98. The van der Waals surface area contributed by atoms with Crippen molar-refractivity contribution in [3.05, 3.63) is 58.6 Å². The van der Waals surface area contributed by atoms with E-state index in [1.165, 1.54) is 5.56 Å². The largest absolute Gasteiger partial charge is 0.335 e. The predicted molar refractivity (Wildman–Crippen MR) is 103 cm³/mol. The summed E-state index contributed by atoms with van der Waals surface area (Å²) >= 11 is 5.96. The van der Waals surface area contributed by atoms with Crippen molar-refractivity contribution in [2.24, 2.45) is 0 Å². The summed E-state index contributed by atoms with van der Waals surface area (Å²) in [7, 11) is 0. The highest BCUT2D eigenvalue weighted by molar-refractivity contribution is 6.30. The van der Waals surface area contributed by atoms with Gasteiger partial charge in [0.15, 0.2) is 0 Å². The number of carbonyl (C=O) groups excluding carboxylic acids is 1. The molecule has 4 rings (SSSR count). The maximum atomic E-state index is 12.9. The summed E-state index contributed by atoms with van der Waals surface area (Å²) in [5.74, 6) is 0.536. The first kappa shape index (κ1) is 17.9. The van der Waals surface area contributed by atoms with Crippen molar-refractivity contribution in [1.82, 2.24) is 29.4 Å². The lowest BCUT2D eigenvalue weighted by Crippen LogP contribution is -2.35. The number of fused-ring (bicyclic) bond motifs is 1. The fraction of sp³-hybridized carbons (Fsp3) is 0.368. The fourth-order valence-corrected chi connectivity index (χ4v) is 3.44. The molecule has 0 unspecified atom stereocenters. The molecule has 0 atom stereocenters. The van der Waals surface area contributed by atoms with Crippen molar-refractivity contribution in [1.29, 1.82) is 0 Å². The van der Waals surface area contributed by atoms with Crippen LogP contribution in [-0.2, 0) is 6.54 Å². The van der Waals surface area contributed by atoms with Gasteiger partial charge in [0.05, 0.1) is 0 Å². The van der Waals surface area contributed by atoms with Gasteiger partial charge in [0.1, 0.15) is 0 Å². The van der Waals surface area contributed by atoms with Crippen LogP contribution in [0.25, 0.3) is 5.78 Å². The molecule has 1 amide bonds. The minimum atomic E-state index is -0.131. The Kier molecular flexibility index (Phi) is 5.05. The van der Waals surface area contributed by atoms with Gasteiger partial charge in [-0.1, -0.05) is 23.7 Å². The molecule has 27 heavy (non-hydrogen) atoms. The van der Waals surface area contributed by atoms with Gasteiger partial charge in [0.25, 0.3) is 11.7 Å². The van der Waals surface area contributed by atoms with Crippen molar-refractivity contribution >= 4 is 23.3 Å². The van der Waals surface area contributed by atoms with Crippen LogP contribution in [0.4, 0.5) is 0 Å². The van der Waals surface area contributed by atoms with Crippen LogP contribution in [0.5, 0.6) is 0 Å². The molecule has 3 heterocycles. The molecule has 1 aliphatic rings. The molecule has 0 spiro atoms. The second-order valence-electron chi connectivity index (χ2n) is 6.78. The highest BCUT2D eigenvalue weighted by Crippen LogP contribution is 2.14. The number of aromatic nitrogens is 4. The number of nitrogens with zero attached hydrogens (tertiary/aromatic N) is 6. The van der Waals surface area contributed by atoms with E-state index in [0.29, 0.717) is 18.9 Å². The monoisotopic (exact) mass is 384 g/mol. The number of benzene rings is 1. The number of amides is 1. The van der Waals surface area contributed by atoms with Crippen molar-refractivity contribution in [2.75, 3.05) is 26.2 Å². The van der Waals surface area contributed by atoms with Gasteiger partial charge in [-0.3, -0.25) is 9.69 Å². The van der Waals surface area contributed by atoms with E-state index in [2.05, 4.69) is 20.0 Å². The molecular weight excluding hydrogens is 364 g/mol. The van der Waals surface area contributed by atoms with E-state index in [0.717, 1.165) is 36.8 Å². The van der Waals surface area contributed by atoms with Crippen LogP contribution >= 0.6 is 11.6 Å². The summed E-state index contributed by atoms with van der Waals surface area (Å²) in [6.45, 7) is 5.91. The SMILES string of the molecule is Cc1ccnc2nc(C(=O)N3CCCN(Cc4ccc(Cl)cc4)CC3)nn12. The average molecular weight is 385 g/mol. The third kappa shape index (κ3) is 3.94. The summed E-state index contributed by atoms with van der Waals surface area (Å²) < 4.78 is 1.61. The third-order valence-electron chi connectivity index (χ3n) is 4.82. The topological polar surface area (TPSA) is 66.6 Å². The van der Waals surface area contributed by atoms with E-state index < -0.39 is 0 Å². The lowest BCUT2D eigenvalue weighted by molar-refractivity contribution is 0.0749. The Bertz CT molecular complexity index is 954. The number of aryl methyl sites for hydroxylation is 1. The molecule has 3 aromatic rings. The first-order valence-electron chi connectivity index (χ1n) is 9.04. The maximum Gasteiger partial charge on any atom is 0.293 e. The summed E-state index contributed by atoms with van der Waals surface area (Å²) in [5, 5.41) is 5.09. The van der Waals surface area contributed by atoms with E-state index >= 15 is 0 Å². The molecule has 2 aromatic heterocycles. The molecule has 0 radical (unpaired) electrons. The van der Waals surface area contributed by atoms with Gasteiger partial charge >= 0.3 is 0 Å². The summed E-state index contributed by atoms with van der Waals surface area (Å²) in [5.41, 5.74) is 2.12. The zero-order chi connectivity index (χ0) is 18.8. The van der Waals surface area contributed by atoms with Gasteiger partial charge in [0, 0.05) is 49.6 Å². The Labute approximate surface area is 162 Å². The van der Waals surface area contributed by atoms with E-state index in [9.17, 15) is 4.79 Å². The second kappa shape index (κ2) is 7.62. The lowest BCUT2D eigenvalue weighted by Gasteiger charge is -2.21. The fourth-order valence-electron chi connectivity index (χ4n) is 3.32. The molecule has 0 bridgehead atoms. The molecule has 1 saturated heterocycles. The molecule has 8 heteroatoms. The Morgan fingerprint density at radius 2 is 1.93 bits per heavy atom. The van der Waals surface area contributed by atoms with Crippen LogP contribution in [0, 0.1) is 6.92 Å². The Balaban J connectivity index is 1.43. The standard InChI is InChI=1S/C19H21ClN6O/c1-14-7-8-21-19-22-17(23-26(14)19)18(27)25-10-2-9-24(11-12-25)13-15-3-5-16(20)6-4-15/h3-8H,2,9-13H2,1H3. The van der Waals surface area contributed by atoms with E-state index in [-0.39, 0.29) is 11.7 Å². The Hall–Kier alpha value is -2.51. The number of hydrogen-bond donors (Lipinski definition) is 0. The van der Waals surface area contributed by atoms with Gasteiger partial charge in [0.2, 0.25) is 5.82 Å². The first-order valence-corrected chi connectivity index (χ1v) is 9.42. The van der Waals surface area contributed by atoms with Gasteiger partial charge < -0.3 is 4.90 Å². The molecular formula is C19H21ClN6O. The molecule has 1 aliphatic heterocycles. The quantitative estimate of drug-likeness (QED) is 0.693. The van der Waals surface area contributed by atoms with Crippen LogP contribution in [-0.4, -0.2) is 61.5 Å². The van der Waals surface area contributed by atoms with Gasteiger partial charge in [-0.2, -0.15) is 4.98 Å². The highest BCUT2D eigenvalue weighted by Gasteiger charge is 2.24. The van der Waals surface area contributed by atoms with Crippen LogP contribution in [0.15, 0.2) is 36.5 Å². The first-order chi connectivity index (χ1) is 13.1. The number of halogens is 1. The highest BCUT2D eigenvalue weighted by atomic mass is 35.5. The Morgan fingerprint density at radius 1 is 1.11 bits per heavy atom. The summed E-state index contributed by atoms with van der Waals surface area (Å²) in [4.78, 5) is 25.5. The zero-order valence-electron chi connectivity index (χ0n) is 15.2. The predicted octanol–water partition coefficient (Wildman–Crippen LogP) is 2.43. The summed E-state index contributed by atoms with van der Waals surface area (Å²) in [6, 6.07) is 9.76. The second-order valence-corrected chi connectivity index (χ2v) is 7.22. The van der Waals surface area contributed by atoms with Crippen molar-refractivity contribution in [3.8, 4) is 0 Å². The van der Waals surface area contributed by atoms with Gasteiger partial charge in [-0.25, -0.2) is 9.50 Å².